The Kier molecular flexibility index (Phi) is 3.82. The number of benzene rings is 2. The van der Waals surface area contributed by atoms with Crippen LogP contribution in [0.2, 0.25) is 0 Å². The molecule has 4 heteroatoms. The van der Waals surface area contributed by atoms with E-state index in [4.69, 9.17) is 0 Å². The number of carbonyl (C=O) groups is 1. The third kappa shape index (κ3) is 2.80. The Morgan fingerprint density at radius 2 is 1.65 bits per heavy atom. The Morgan fingerprint density at radius 3 is 2.30 bits per heavy atom. The molecule has 0 amide bonds. The van der Waals surface area contributed by atoms with E-state index < -0.39 is 0 Å². The lowest BCUT2D eigenvalue weighted by Crippen LogP contribution is -2.17. The molecule has 0 aliphatic rings. The van der Waals surface area contributed by atoms with Gasteiger partial charge in [-0.25, -0.2) is 4.68 Å². The summed E-state index contributed by atoms with van der Waals surface area (Å²) in [4.78, 5) is 11.9. The molecule has 0 N–H and O–H groups in total. The molecular weight excluding hydrogens is 286 g/mol. The molecule has 3 aromatic rings. The first kappa shape index (κ1) is 15.2. The molecule has 0 saturated heterocycles. The minimum atomic E-state index is -0.306. The molecule has 0 bridgehead atoms. The van der Waals surface area contributed by atoms with Crippen LogP contribution in [-0.2, 0) is 4.79 Å². The predicted molar refractivity (Wildman–Crippen MR) is 91.8 cm³/mol. The highest BCUT2D eigenvalue weighted by Gasteiger charge is 2.24. The number of fused-ring (bicyclic) bond motifs is 1. The Labute approximate surface area is 135 Å². The summed E-state index contributed by atoms with van der Waals surface area (Å²) in [7, 11) is 0. The van der Waals surface area contributed by atoms with Crippen LogP contribution in [0.4, 0.5) is 0 Å². The Hall–Kier alpha value is -2.75. The zero-order valence-corrected chi connectivity index (χ0v) is 13.5. The predicted octanol–water partition coefficient (Wildman–Crippen LogP) is 3.94. The van der Waals surface area contributed by atoms with Crippen molar-refractivity contribution in [1.29, 1.82) is 0 Å². The van der Waals surface area contributed by atoms with Crippen molar-refractivity contribution in [2.45, 2.75) is 20.8 Å². The molecule has 0 aliphatic carbocycles. The van der Waals surface area contributed by atoms with Crippen LogP contribution in [0.1, 0.15) is 26.3 Å². The van der Waals surface area contributed by atoms with E-state index >= 15 is 0 Å². The molecule has 3 rings (SSSR count). The molecule has 0 aliphatic heterocycles. The SMILES string of the molecule is CC(C)(C)/C(C=O)=C(/c1ccccc1)n1nnc2ccccc21. The molecule has 23 heavy (non-hydrogen) atoms. The van der Waals surface area contributed by atoms with Gasteiger partial charge in [0.2, 0.25) is 0 Å². The minimum Gasteiger partial charge on any atom is -0.298 e. The standard InChI is InChI=1S/C19H19N3O/c1-19(2,3)15(13-23)18(14-9-5-4-6-10-14)22-17-12-8-7-11-16(17)20-21-22/h4-13H,1-3H3/b18-15-. The number of hydrogen-bond donors (Lipinski definition) is 0. The summed E-state index contributed by atoms with van der Waals surface area (Å²) < 4.78 is 1.76. The number of para-hydroxylation sites is 1. The Bertz CT molecular complexity index is 870. The molecule has 1 heterocycles. The maximum Gasteiger partial charge on any atom is 0.148 e. The van der Waals surface area contributed by atoms with Crippen molar-refractivity contribution in [1.82, 2.24) is 15.0 Å². The van der Waals surface area contributed by atoms with Crippen LogP contribution in [-0.4, -0.2) is 21.3 Å². The van der Waals surface area contributed by atoms with Crippen LogP contribution in [0.15, 0.2) is 60.2 Å². The van der Waals surface area contributed by atoms with E-state index in [0.29, 0.717) is 5.57 Å². The van der Waals surface area contributed by atoms with E-state index in [0.717, 1.165) is 28.6 Å². The van der Waals surface area contributed by atoms with Crippen molar-refractivity contribution < 1.29 is 4.79 Å². The first-order valence-electron chi connectivity index (χ1n) is 7.58. The highest BCUT2D eigenvalue weighted by Crippen LogP contribution is 2.33. The molecular formula is C19H19N3O. The van der Waals surface area contributed by atoms with Gasteiger partial charge in [-0.1, -0.05) is 68.4 Å². The van der Waals surface area contributed by atoms with E-state index in [9.17, 15) is 4.79 Å². The van der Waals surface area contributed by atoms with Crippen molar-refractivity contribution in [2.75, 3.05) is 0 Å². The van der Waals surface area contributed by atoms with E-state index in [1.165, 1.54) is 0 Å². The highest BCUT2D eigenvalue weighted by atomic mass is 16.1. The number of allylic oxidation sites excluding steroid dienone is 1. The normalized spacial score (nSPS) is 13.0. The van der Waals surface area contributed by atoms with E-state index in [-0.39, 0.29) is 5.41 Å². The fraction of sp³-hybridized carbons (Fsp3) is 0.211. The van der Waals surface area contributed by atoms with Gasteiger partial charge in [-0.2, -0.15) is 0 Å². The topological polar surface area (TPSA) is 47.8 Å². The van der Waals surface area contributed by atoms with Crippen LogP contribution in [0.3, 0.4) is 0 Å². The van der Waals surface area contributed by atoms with Crippen molar-refractivity contribution in [3.63, 3.8) is 0 Å². The van der Waals surface area contributed by atoms with Crippen LogP contribution in [0.25, 0.3) is 16.7 Å². The van der Waals surface area contributed by atoms with Gasteiger partial charge in [0.15, 0.2) is 0 Å². The molecule has 2 aromatic carbocycles. The highest BCUT2D eigenvalue weighted by molar-refractivity contribution is 5.92. The zero-order valence-electron chi connectivity index (χ0n) is 13.5. The van der Waals surface area contributed by atoms with Gasteiger partial charge in [0.25, 0.3) is 0 Å². The summed E-state index contributed by atoms with van der Waals surface area (Å²) in [5.74, 6) is 0. The van der Waals surface area contributed by atoms with Gasteiger partial charge in [0.05, 0.1) is 11.2 Å². The van der Waals surface area contributed by atoms with Crippen LogP contribution in [0, 0.1) is 5.41 Å². The third-order valence-corrected chi connectivity index (χ3v) is 3.79. The number of aldehydes is 1. The minimum absolute atomic E-state index is 0.306. The van der Waals surface area contributed by atoms with Gasteiger partial charge < -0.3 is 0 Å². The average Bonchev–Trinajstić information content (AvgIpc) is 2.96. The summed E-state index contributed by atoms with van der Waals surface area (Å²) in [6.45, 7) is 6.08. The Balaban J connectivity index is 2.38. The van der Waals surface area contributed by atoms with Gasteiger partial charge in [0.1, 0.15) is 11.8 Å². The molecule has 0 radical (unpaired) electrons. The number of rotatable bonds is 3. The van der Waals surface area contributed by atoms with Crippen LogP contribution < -0.4 is 0 Å². The number of carbonyl (C=O) groups excluding carboxylic acids is 1. The second kappa shape index (κ2) is 5.80. The Morgan fingerprint density at radius 1 is 1.00 bits per heavy atom. The fourth-order valence-corrected chi connectivity index (χ4v) is 2.61. The van der Waals surface area contributed by atoms with Crippen molar-refractivity contribution in [3.8, 4) is 0 Å². The summed E-state index contributed by atoms with van der Waals surface area (Å²) in [6.07, 6.45) is 0.929. The maximum absolute atomic E-state index is 11.9. The van der Waals surface area contributed by atoms with Gasteiger partial charge in [-0.3, -0.25) is 4.79 Å². The molecule has 1 aromatic heterocycles. The fourth-order valence-electron chi connectivity index (χ4n) is 2.61. The largest absolute Gasteiger partial charge is 0.298 e. The quantitative estimate of drug-likeness (QED) is 0.544. The summed E-state index contributed by atoms with van der Waals surface area (Å²) >= 11 is 0. The second-order valence-corrected chi connectivity index (χ2v) is 6.49. The van der Waals surface area contributed by atoms with Crippen molar-refractivity contribution >= 4 is 23.0 Å². The van der Waals surface area contributed by atoms with E-state index in [2.05, 4.69) is 10.3 Å². The number of nitrogens with zero attached hydrogens (tertiary/aromatic N) is 3. The molecule has 0 spiro atoms. The van der Waals surface area contributed by atoms with Gasteiger partial charge >= 0.3 is 0 Å². The molecule has 116 valence electrons. The monoisotopic (exact) mass is 305 g/mol. The second-order valence-electron chi connectivity index (χ2n) is 6.49. The summed E-state index contributed by atoms with van der Waals surface area (Å²) in [5.41, 5.74) is 3.80. The molecule has 0 fully saturated rings. The van der Waals surface area contributed by atoms with Gasteiger partial charge in [0, 0.05) is 11.1 Å². The number of hydrogen-bond acceptors (Lipinski definition) is 3. The van der Waals surface area contributed by atoms with Gasteiger partial charge in [-0.15, -0.1) is 5.10 Å². The summed E-state index contributed by atoms with van der Waals surface area (Å²) in [6, 6.07) is 17.6. The van der Waals surface area contributed by atoms with E-state index in [1.807, 2.05) is 75.4 Å². The zero-order chi connectivity index (χ0) is 16.4. The van der Waals surface area contributed by atoms with Gasteiger partial charge in [-0.05, 0) is 17.5 Å². The van der Waals surface area contributed by atoms with Crippen LogP contribution in [0.5, 0.6) is 0 Å². The lowest BCUT2D eigenvalue weighted by Gasteiger charge is -2.23. The maximum atomic E-state index is 11.9. The molecule has 4 nitrogen and oxygen atoms in total. The summed E-state index contributed by atoms with van der Waals surface area (Å²) in [5, 5.41) is 8.53. The lowest BCUT2D eigenvalue weighted by atomic mass is 9.84. The average molecular weight is 305 g/mol. The van der Waals surface area contributed by atoms with Crippen molar-refractivity contribution in [2.24, 2.45) is 5.41 Å². The first-order chi connectivity index (χ1) is 11.0. The molecule has 0 unspecified atom stereocenters. The smallest absolute Gasteiger partial charge is 0.148 e. The van der Waals surface area contributed by atoms with E-state index in [1.54, 1.807) is 4.68 Å². The molecule has 0 atom stereocenters. The first-order valence-corrected chi connectivity index (χ1v) is 7.58. The molecule has 0 saturated carbocycles. The van der Waals surface area contributed by atoms with Crippen molar-refractivity contribution in [3.05, 3.63) is 65.7 Å². The van der Waals surface area contributed by atoms with Crippen LogP contribution >= 0.6 is 0 Å². The lowest BCUT2D eigenvalue weighted by molar-refractivity contribution is -0.105. The number of aromatic nitrogens is 3. The third-order valence-electron chi connectivity index (χ3n) is 3.79.